The van der Waals surface area contributed by atoms with Gasteiger partial charge >= 0.3 is 0 Å². The molecule has 128 valence electrons. The average molecular weight is 341 g/mol. The first kappa shape index (κ1) is 16.8. The molecule has 0 spiro atoms. The number of ketones is 2. The van der Waals surface area contributed by atoms with E-state index in [9.17, 15) is 18.8 Å². The van der Waals surface area contributed by atoms with E-state index >= 15 is 0 Å². The van der Waals surface area contributed by atoms with Gasteiger partial charge in [0.05, 0.1) is 18.4 Å². The fourth-order valence-corrected chi connectivity index (χ4v) is 2.93. The number of anilines is 1. The van der Waals surface area contributed by atoms with Crippen LogP contribution in [-0.2, 0) is 4.79 Å². The van der Waals surface area contributed by atoms with Crippen LogP contribution in [0, 0.1) is 12.7 Å². The molecule has 1 aliphatic heterocycles. The summed E-state index contributed by atoms with van der Waals surface area (Å²) in [6.45, 7) is 1.80. The number of ether oxygens (including phenoxy) is 1. The monoisotopic (exact) mass is 341 g/mol. The number of nitrogens with zero attached hydrogens (tertiary/aromatic N) is 1. The van der Waals surface area contributed by atoms with Gasteiger partial charge in [-0.1, -0.05) is 6.07 Å². The third kappa shape index (κ3) is 2.91. The summed E-state index contributed by atoms with van der Waals surface area (Å²) in [6, 6.07) is 8.62. The van der Waals surface area contributed by atoms with E-state index in [2.05, 4.69) is 0 Å². The fourth-order valence-electron chi connectivity index (χ4n) is 2.93. The third-order valence-electron chi connectivity index (χ3n) is 4.23. The largest absolute Gasteiger partial charge is 0.495 e. The molecule has 25 heavy (non-hydrogen) atoms. The summed E-state index contributed by atoms with van der Waals surface area (Å²) < 4.78 is 18.2. The first-order valence-corrected chi connectivity index (χ1v) is 7.76. The molecule has 0 bridgehead atoms. The Morgan fingerprint density at radius 3 is 2.44 bits per heavy atom. The molecular weight excluding hydrogens is 325 g/mol. The summed E-state index contributed by atoms with van der Waals surface area (Å²) in [7, 11) is 1.46. The van der Waals surface area contributed by atoms with Crippen LogP contribution in [0.4, 0.5) is 10.1 Å². The van der Waals surface area contributed by atoms with Gasteiger partial charge in [0, 0.05) is 18.5 Å². The summed E-state index contributed by atoms with van der Waals surface area (Å²) >= 11 is 0. The van der Waals surface area contributed by atoms with Crippen molar-refractivity contribution in [1.82, 2.24) is 0 Å². The number of rotatable bonds is 5. The van der Waals surface area contributed by atoms with Crippen molar-refractivity contribution in [3.05, 3.63) is 58.9 Å². The Hall–Kier alpha value is -3.02. The van der Waals surface area contributed by atoms with E-state index in [1.807, 2.05) is 0 Å². The number of halogens is 1. The Kier molecular flexibility index (Phi) is 4.35. The first-order chi connectivity index (χ1) is 11.9. The second-order valence-electron chi connectivity index (χ2n) is 5.77. The standard InChI is InChI=1S/C19H16FNO4/c1-11-3-8-15(25-2)17-16(11)18(23)19(24)21(17)10-9-14(22)12-4-6-13(20)7-5-12/h3-8H,9-10H2,1-2H3. The number of carbonyl (C=O) groups is 3. The maximum absolute atomic E-state index is 12.9. The van der Waals surface area contributed by atoms with Crippen molar-refractivity contribution in [2.45, 2.75) is 13.3 Å². The van der Waals surface area contributed by atoms with Crippen LogP contribution in [0.2, 0.25) is 0 Å². The van der Waals surface area contributed by atoms with Gasteiger partial charge in [-0.2, -0.15) is 0 Å². The molecule has 0 N–H and O–H groups in total. The van der Waals surface area contributed by atoms with Gasteiger partial charge in [0.1, 0.15) is 11.6 Å². The third-order valence-corrected chi connectivity index (χ3v) is 4.23. The lowest BCUT2D eigenvalue weighted by Gasteiger charge is -2.19. The number of carbonyl (C=O) groups excluding carboxylic acids is 3. The maximum atomic E-state index is 12.9. The van der Waals surface area contributed by atoms with Crippen molar-refractivity contribution in [2.24, 2.45) is 0 Å². The van der Waals surface area contributed by atoms with Crippen LogP contribution in [0.1, 0.15) is 32.7 Å². The van der Waals surface area contributed by atoms with Gasteiger partial charge in [-0.25, -0.2) is 4.39 Å². The summed E-state index contributed by atoms with van der Waals surface area (Å²) in [5.41, 5.74) is 1.76. The van der Waals surface area contributed by atoms with E-state index in [0.29, 0.717) is 28.1 Å². The van der Waals surface area contributed by atoms with E-state index in [1.54, 1.807) is 19.1 Å². The van der Waals surface area contributed by atoms with E-state index in [-0.39, 0.29) is 18.7 Å². The van der Waals surface area contributed by atoms with Crippen molar-refractivity contribution >= 4 is 23.2 Å². The Labute approximate surface area is 144 Å². The summed E-state index contributed by atoms with van der Waals surface area (Å²) in [5.74, 6) is -1.52. The highest BCUT2D eigenvalue weighted by molar-refractivity contribution is 6.53. The highest BCUT2D eigenvalue weighted by atomic mass is 19.1. The lowest BCUT2D eigenvalue weighted by atomic mass is 10.0. The maximum Gasteiger partial charge on any atom is 0.299 e. The molecule has 1 amide bonds. The van der Waals surface area contributed by atoms with Crippen LogP contribution in [0.15, 0.2) is 36.4 Å². The molecule has 0 atom stereocenters. The van der Waals surface area contributed by atoms with Crippen LogP contribution in [0.25, 0.3) is 0 Å². The van der Waals surface area contributed by atoms with Gasteiger partial charge in [-0.05, 0) is 42.8 Å². The predicted molar refractivity (Wildman–Crippen MR) is 89.8 cm³/mol. The van der Waals surface area contributed by atoms with E-state index in [1.165, 1.54) is 36.3 Å². The molecule has 3 rings (SSSR count). The Morgan fingerprint density at radius 1 is 1.12 bits per heavy atom. The molecule has 6 heteroatoms. The van der Waals surface area contributed by atoms with Crippen LogP contribution in [0.3, 0.4) is 0 Å². The smallest absolute Gasteiger partial charge is 0.299 e. The van der Waals surface area contributed by atoms with Crippen LogP contribution >= 0.6 is 0 Å². The van der Waals surface area contributed by atoms with Gasteiger partial charge in [0.15, 0.2) is 5.78 Å². The molecule has 0 saturated heterocycles. The molecule has 0 aromatic heterocycles. The normalized spacial score (nSPS) is 13.2. The zero-order valence-electron chi connectivity index (χ0n) is 13.8. The van der Waals surface area contributed by atoms with Crippen molar-refractivity contribution < 1.29 is 23.5 Å². The number of methoxy groups -OCH3 is 1. The number of hydrogen-bond acceptors (Lipinski definition) is 4. The highest BCUT2D eigenvalue weighted by Crippen LogP contribution is 2.39. The zero-order valence-corrected chi connectivity index (χ0v) is 13.8. The quantitative estimate of drug-likeness (QED) is 0.620. The van der Waals surface area contributed by atoms with Gasteiger partial charge in [0.25, 0.3) is 11.7 Å². The minimum Gasteiger partial charge on any atom is -0.495 e. The van der Waals surface area contributed by atoms with E-state index < -0.39 is 17.5 Å². The molecule has 2 aromatic rings. The van der Waals surface area contributed by atoms with Crippen molar-refractivity contribution in [3.63, 3.8) is 0 Å². The minimum atomic E-state index is -0.672. The lowest BCUT2D eigenvalue weighted by Crippen LogP contribution is -2.32. The van der Waals surface area contributed by atoms with Gasteiger partial charge in [-0.3, -0.25) is 14.4 Å². The summed E-state index contributed by atoms with van der Waals surface area (Å²) in [6.07, 6.45) is 0.0151. The molecule has 1 heterocycles. The average Bonchev–Trinajstić information content (AvgIpc) is 2.86. The minimum absolute atomic E-state index is 0.0151. The van der Waals surface area contributed by atoms with Crippen molar-refractivity contribution in [2.75, 3.05) is 18.6 Å². The second-order valence-corrected chi connectivity index (χ2v) is 5.77. The van der Waals surface area contributed by atoms with E-state index in [4.69, 9.17) is 4.74 Å². The number of hydrogen-bond donors (Lipinski definition) is 0. The fraction of sp³-hybridized carbons (Fsp3) is 0.211. The second kappa shape index (κ2) is 6.47. The number of Topliss-reactive ketones (excluding diaryl/α,β-unsaturated/α-hetero) is 2. The first-order valence-electron chi connectivity index (χ1n) is 7.76. The zero-order chi connectivity index (χ0) is 18.1. The SMILES string of the molecule is COc1ccc(C)c2c1N(CCC(=O)c1ccc(F)cc1)C(=O)C2=O. The topological polar surface area (TPSA) is 63.7 Å². The van der Waals surface area contributed by atoms with Crippen molar-refractivity contribution in [3.8, 4) is 5.75 Å². The molecule has 0 aliphatic carbocycles. The Bertz CT molecular complexity index is 874. The van der Waals surface area contributed by atoms with Crippen molar-refractivity contribution in [1.29, 1.82) is 0 Å². The lowest BCUT2D eigenvalue weighted by molar-refractivity contribution is -0.114. The van der Waals surface area contributed by atoms with Crippen LogP contribution in [-0.4, -0.2) is 31.1 Å². The molecule has 0 radical (unpaired) electrons. The van der Waals surface area contributed by atoms with Gasteiger partial charge in [-0.15, -0.1) is 0 Å². The molecular formula is C19H16FNO4. The van der Waals surface area contributed by atoms with Gasteiger partial charge in [0.2, 0.25) is 0 Å². The molecule has 0 saturated carbocycles. The molecule has 0 fully saturated rings. The molecule has 2 aromatic carbocycles. The van der Waals surface area contributed by atoms with E-state index in [0.717, 1.165) is 0 Å². The number of benzene rings is 2. The Morgan fingerprint density at radius 2 is 1.80 bits per heavy atom. The van der Waals surface area contributed by atoms with Gasteiger partial charge < -0.3 is 9.64 Å². The molecule has 1 aliphatic rings. The Balaban J connectivity index is 1.86. The van der Waals surface area contributed by atoms with Crippen LogP contribution < -0.4 is 9.64 Å². The molecule has 0 unspecified atom stereocenters. The molecule has 5 nitrogen and oxygen atoms in total. The highest BCUT2D eigenvalue weighted by Gasteiger charge is 2.39. The summed E-state index contributed by atoms with van der Waals surface area (Å²) in [4.78, 5) is 38.2. The summed E-state index contributed by atoms with van der Waals surface area (Å²) in [5, 5.41) is 0. The number of aryl methyl sites for hydroxylation is 1. The number of amides is 1. The predicted octanol–water partition coefficient (Wildman–Crippen LogP) is 2.95. The van der Waals surface area contributed by atoms with Crippen LogP contribution in [0.5, 0.6) is 5.75 Å². The number of fused-ring (bicyclic) bond motifs is 1.